The van der Waals surface area contributed by atoms with E-state index in [1.165, 1.54) is 25.7 Å². The summed E-state index contributed by atoms with van der Waals surface area (Å²) < 4.78 is 34.0. The summed E-state index contributed by atoms with van der Waals surface area (Å²) in [5.74, 6) is -0.869. The highest BCUT2D eigenvalue weighted by Crippen LogP contribution is 2.38. The van der Waals surface area contributed by atoms with Crippen LogP contribution in [-0.2, 0) is 32.7 Å². The second-order valence-corrected chi connectivity index (χ2v) is 21.7. The maximum Gasteiger partial charge on any atom is 0.306 e. The van der Waals surface area contributed by atoms with E-state index in [0.717, 1.165) is 141 Å². The summed E-state index contributed by atoms with van der Waals surface area (Å²) in [5, 5.41) is 0. The number of ether oxygens (including phenoxy) is 2. The van der Waals surface area contributed by atoms with Gasteiger partial charge in [0.1, 0.15) is 19.8 Å². The third-order valence-electron chi connectivity index (χ3n) is 11.8. The number of phosphoric acid groups is 1. The van der Waals surface area contributed by atoms with Gasteiger partial charge >= 0.3 is 11.9 Å². The highest BCUT2D eigenvalue weighted by molar-refractivity contribution is 7.45. The summed E-state index contributed by atoms with van der Waals surface area (Å²) in [4.78, 5) is 37.7. The second kappa shape index (κ2) is 55.6. The fraction of sp³-hybridized carbons (Fsp3) is 0.606. The Kier molecular flexibility index (Phi) is 52.6. The van der Waals surface area contributed by atoms with Crippen LogP contribution in [0.2, 0.25) is 0 Å². The van der Waals surface area contributed by atoms with Gasteiger partial charge < -0.3 is 27.9 Å². The van der Waals surface area contributed by atoms with Crippen molar-refractivity contribution in [3.63, 3.8) is 0 Å². The van der Waals surface area contributed by atoms with Crippen LogP contribution >= 0.6 is 7.82 Å². The largest absolute Gasteiger partial charge is 0.756 e. The van der Waals surface area contributed by atoms with Gasteiger partial charge in [-0.3, -0.25) is 14.2 Å². The second-order valence-electron chi connectivity index (χ2n) is 20.3. The van der Waals surface area contributed by atoms with Gasteiger partial charge in [0.05, 0.1) is 27.7 Å². The normalized spacial score (nSPS) is 14.3. The number of phosphoric ester groups is 1. The van der Waals surface area contributed by atoms with Gasteiger partial charge in [0.15, 0.2) is 6.10 Å². The molecule has 76 heavy (non-hydrogen) atoms. The standard InChI is InChI=1S/C66H108NO8P/c1-6-8-10-12-14-16-18-19-20-21-22-23-24-25-26-27-28-29-30-31-32-33-34-35-36-37-38-39-40-41-42-43-44-45-46-47-49-51-53-55-57-59-66(69)75-64(63-74-76(70,71)73-61-60-67(3,4)5)62-72-65(68)58-56-54-52-50-48-17-15-13-11-9-7-2/h8,10,13-16,19-20,22-23,25-26,28-29,31-32,34-35,37-38,40-41,43-44,64H,6-7,9,11-12,17-18,21,24,27,30,33,36,39,42,45-63H2,1-5H3/b10-8-,15-13-,16-14-,20-19-,23-22-,26-25-,29-28-,32-31-,35-34-,38-37-,41-40-,44-43-. The molecule has 2 atom stereocenters. The number of carbonyl (C=O) groups is 2. The minimum atomic E-state index is -4.64. The zero-order valence-corrected chi connectivity index (χ0v) is 49.5. The Morgan fingerprint density at radius 1 is 0.421 bits per heavy atom. The lowest BCUT2D eigenvalue weighted by Gasteiger charge is -2.28. The van der Waals surface area contributed by atoms with Crippen molar-refractivity contribution >= 4 is 19.8 Å². The van der Waals surface area contributed by atoms with E-state index < -0.39 is 32.5 Å². The molecule has 0 aromatic carbocycles. The summed E-state index contributed by atoms with van der Waals surface area (Å²) in [6.45, 7) is 4.03. The smallest absolute Gasteiger partial charge is 0.306 e. The summed E-state index contributed by atoms with van der Waals surface area (Å²) >= 11 is 0. The molecule has 0 spiro atoms. The third kappa shape index (κ3) is 59.1. The van der Waals surface area contributed by atoms with E-state index in [1.54, 1.807) is 0 Å². The molecule has 0 radical (unpaired) electrons. The first kappa shape index (κ1) is 71.9. The van der Waals surface area contributed by atoms with Crippen LogP contribution in [0.4, 0.5) is 0 Å². The molecule has 0 aliphatic carbocycles. The van der Waals surface area contributed by atoms with Crippen molar-refractivity contribution in [1.82, 2.24) is 0 Å². The molecular formula is C66H108NO8P. The van der Waals surface area contributed by atoms with Gasteiger partial charge in [-0.05, 0) is 116 Å². The van der Waals surface area contributed by atoms with Crippen molar-refractivity contribution < 1.29 is 42.1 Å². The van der Waals surface area contributed by atoms with Crippen molar-refractivity contribution in [2.24, 2.45) is 0 Å². The lowest BCUT2D eigenvalue weighted by atomic mass is 10.1. The highest BCUT2D eigenvalue weighted by atomic mass is 31.2. The monoisotopic (exact) mass is 1070 g/mol. The first-order valence-electron chi connectivity index (χ1n) is 29.5. The number of hydrogen-bond acceptors (Lipinski definition) is 8. The van der Waals surface area contributed by atoms with E-state index in [-0.39, 0.29) is 26.1 Å². The SMILES string of the molecule is CC/C=C\C/C=C\C/C=C\C/C=C\C/C=C\C/C=C\C/C=C\C/C=C\C/C=C\C/C=C\C/C=C\CCCCCCCCCC(=O)OC(COC(=O)CCCCCCC/C=C\CCCC)COP(=O)([O-])OCC[N+](C)(C)C. The van der Waals surface area contributed by atoms with E-state index in [2.05, 4.69) is 160 Å². The van der Waals surface area contributed by atoms with E-state index in [9.17, 15) is 19.0 Å². The lowest BCUT2D eigenvalue weighted by Crippen LogP contribution is -2.37. The Morgan fingerprint density at radius 2 is 0.750 bits per heavy atom. The molecule has 0 fully saturated rings. The van der Waals surface area contributed by atoms with Crippen molar-refractivity contribution in [2.45, 2.75) is 213 Å². The molecule has 430 valence electrons. The summed E-state index contributed by atoms with van der Waals surface area (Å²) in [6.07, 6.45) is 82.0. The number of hydrogen-bond donors (Lipinski definition) is 0. The van der Waals surface area contributed by atoms with Gasteiger partial charge in [0, 0.05) is 12.8 Å². The highest BCUT2D eigenvalue weighted by Gasteiger charge is 2.21. The molecule has 0 aliphatic heterocycles. The quantitative estimate of drug-likeness (QED) is 0.0195. The number of carbonyl (C=O) groups excluding carboxylic acids is 2. The number of quaternary nitrogens is 1. The van der Waals surface area contributed by atoms with Crippen molar-refractivity contribution in [3.8, 4) is 0 Å². The van der Waals surface area contributed by atoms with Gasteiger partial charge in [-0.1, -0.05) is 224 Å². The Morgan fingerprint density at radius 3 is 1.13 bits per heavy atom. The molecule has 0 aromatic rings. The minimum absolute atomic E-state index is 0.0415. The van der Waals surface area contributed by atoms with Crippen LogP contribution in [0, 0.1) is 0 Å². The average molecular weight is 1070 g/mol. The first-order valence-corrected chi connectivity index (χ1v) is 31.0. The van der Waals surface area contributed by atoms with Gasteiger partial charge in [-0.25, -0.2) is 0 Å². The van der Waals surface area contributed by atoms with Crippen LogP contribution < -0.4 is 4.89 Å². The number of rotatable bonds is 52. The molecule has 0 bridgehead atoms. The fourth-order valence-corrected chi connectivity index (χ4v) is 8.02. The first-order chi connectivity index (χ1) is 37.0. The number of nitrogens with zero attached hydrogens (tertiary/aromatic N) is 1. The predicted octanol–water partition coefficient (Wildman–Crippen LogP) is 18.1. The molecule has 2 unspecified atom stereocenters. The van der Waals surface area contributed by atoms with Gasteiger partial charge in [-0.2, -0.15) is 0 Å². The summed E-state index contributed by atoms with van der Waals surface area (Å²) in [6, 6.07) is 0. The van der Waals surface area contributed by atoms with Crippen LogP contribution in [0.1, 0.15) is 206 Å². The zero-order valence-electron chi connectivity index (χ0n) is 48.6. The Labute approximate surface area is 465 Å². The summed E-state index contributed by atoms with van der Waals surface area (Å²) in [7, 11) is 1.13. The van der Waals surface area contributed by atoms with E-state index >= 15 is 0 Å². The minimum Gasteiger partial charge on any atom is -0.756 e. The maximum absolute atomic E-state index is 12.8. The summed E-state index contributed by atoms with van der Waals surface area (Å²) in [5.41, 5.74) is 0. The van der Waals surface area contributed by atoms with E-state index in [1.807, 2.05) is 21.1 Å². The Hall–Kier alpha value is -4.11. The average Bonchev–Trinajstić information content (AvgIpc) is 3.38. The Bertz CT molecular complexity index is 1790. The molecule has 9 nitrogen and oxygen atoms in total. The molecule has 0 saturated heterocycles. The van der Waals surface area contributed by atoms with Gasteiger partial charge in [-0.15, -0.1) is 0 Å². The molecule has 0 saturated carbocycles. The molecule has 0 amide bonds. The van der Waals surface area contributed by atoms with Crippen LogP contribution in [0.5, 0.6) is 0 Å². The topological polar surface area (TPSA) is 111 Å². The molecule has 0 aromatic heterocycles. The van der Waals surface area contributed by atoms with Crippen LogP contribution in [-0.4, -0.2) is 70.0 Å². The van der Waals surface area contributed by atoms with Crippen LogP contribution in [0.25, 0.3) is 0 Å². The molecule has 0 rings (SSSR count). The number of unbranched alkanes of at least 4 members (excludes halogenated alkanes) is 14. The van der Waals surface area contributed by atoms with Gasteiger partial charge in [0.2, 0.25) is 0 Å². The molecule has 0 N–H and O–H groups in total. The fourth-order valence-electron chi connectivity index (χ4n) is 7.29. The Balaban J connectivity index is 4.11. The van der Waals surface area contributed by atoms with Crippen LogP contribution in [0.15, 0.2) is 146 Å². The third-order valence-corrected chi connectivity index (χ3v) is 12.8. The zero-order chi connectivity index (χ0) is 55.6. The van der Waals surface area contributed by atoms with Crippen molar-refractivity contribution in [1.29, 1.82) is 0 Å². The van der Waals surface area contributed by atoms with E-state index in [0.29, 0.717) is 23.9 Å². The number of esters is 2. The van der Waals surface area contributed by atoms with Crippen LogP contribution in [0.3, 0.4) is 0 Å². The van der Waals surface area contributed by atoms with Crippen molar-refractivity contribution in [2.75, 3.05) is 47.5 Å². The maximum atomic E-state index is 12.8. The van der Waals surface area contributed by atoms with E-state index in [4.69, 9.17) is 18.5 Å². The molecule has 10 heteroatoms. The molecule has 0 heterocycles. The number of allylic oxidation sites excluding steroid dienone is 24. The van der Waals surface area contributed by atoms with Gasteiger partial charge in [0.25, 0.3) is 7.82 Å². The molecular weight excluding hydrogens is 966 g/mol. The van der Waals surface area contributed by atoms with Crippen molar-refractivity contribution in [3.05, 3.63) is 146 Å². The number of likely N-dealkylation sites (N-methyl/N-ethyl adjacent to an activating group) is 1. The predicted molar refractivity (Wildman–Crippen MR) is 323 cm³/mol. The lowest BCUT2D eigenvalue weighted by molar-refractivity contribution is -0.870. The molecule has 0 aliphatic rings.